The first-order valence-corrected chi connectivity index (χ1v) is 15.6. The average Bonchev–Trinajstić information content (AvgIpc) is 2.88. The standard InChI is InChI=1S/C29H37N5O5S/c1-6-8-23(30)21-14-32-27(38-17-11-18(12-17)40(36,37)7-2)22-15-31-25(13-20(21)22)33-24-10-9-19-26(34-24)16(3)29(4,5)39-28(19)35/h9-10,13-18,23H,6-8,11-12,30H2,1-5H3,(H,31,33,34)/t16-,17?,18?,23+/m1/s1. The van der Waals surface area contributed by atoms with Gasteiger partial charge in [-0.05, 0) is 49.4 Å². The number of esters is 1. The molecular weight excluding hydrogens is 530 g/mol. The highest BCUT2D eigenvalue weighted by atomic mass is 32.2. The van der Waals surface area contributed by atoms with Crippen molar-refractivity contribution in [3.8, 4) is 5.88 Å². The van der Waals surface area contributed by atoms with Gasteiger partial charge in [0.05, 0.1) is 21.9 Å². The van der Waals surface area contributed by atoms with Crippen molar-refractivity contribution in [2.75, 3.05) is 11.1 Å². The molecule has 0 aromatic carbocycles. The van der Waals surface area contributed by atoms with Gasteiger partial charge < -0.3 is 20.5 Å². The van der Waals surface area contributed by atoms with Crippen LogP contribution in [0.3, 0.4) is 0 Å². The Hall–Kier alpha value is -3.31. The first-order chi connectivity index (χ1) is 18.9. The van der Waals surface area contributed by atoms with E-state index in [2.05, 4.69) is 22.2 Å². The van der Waals surface area contributed by atoms with E-state index in [1.807, 2.05) is 26.8 Å². The van der Waals surface area contributed by atoms with Crippen LogP contribution in [0.1, 0.15) is 93.9 Å². The Morgan fingerprint density at radius 3 is 2.60 bits per heavy atom. The molecule has 214 valence electrons. The Kier molecular flexibility index (Phi) is 7.47. The van der Waals surface area contributed by atoms with E-state index in [0.717, 1.165) is 23.8 Å². The largest absolute Gasteiger partial charge is 0.474 e. The minimum Gasteiger partial charge on any atom is -0.474 e. The lowest BCUT2D eigenvalue weighted by molar-refractivity contribution is -0.0189. The molecule has 1 aliphatic heterocycles. The van der Waals surface area contributed by atoms with E-state index in [-0.39, 0.29) is 35.0 Å². The van der Waals surface area contributed by atoms with Gasteiger partial charge in [-0.25, -0.2) is 28.2 Å². The summed E-state index contributed by atoms with van der Waals surface area (Å²) in [5.41, 5.74) is 7.90. The molecule has 1 aliphatic carbocycles. The molecule has 1 saturated carbocycles. The summed E-state index contributed by atoms with van der Waals surface area (Å²) in [4.78, 5) is 26.4. The van der Waals surface area contributed by atoms with Crippen LogP contribution >= 0.6 is 0 Å². The first-order valence-electron chi connectivity index (χ1n) is 13.9. The molecular formula is C29H37N5O5S. The summed E-state index contributed by atoms with van der Waals surface area (Å²) in [6.45, 7) is 9.51. The molecule has 11 heteroatoms. The molecule has 1 fully saturated rings. The number of pyridine rings is 3. The van der Waals surface area contributed by atoms with Gasteiger partial charge in [-0.3, -0.25) is 0 Å². The average molecular weight is 568 g/mol. The number of nitrogens with zero attached hydrogens (tertiary/aromatic N) is 3. The Bertz CT molecular complexity index is 1550. The Balaban J connectivity index is 1.45. The molecule has 5 rings (SSSR count). The van der Waals surface area contributed by atoms with Crippen LogP contribution in [-0.2, 0) is 14.6 Å². The molecule has 4 heterocycles. The number of hydrogen-bond donors (Lipinski definition) is 2. The maximum atomic E-state index is 12.5. The third kappa shape index (κ3) is 5.24. The molecule has 3 N–H and O–H groups in total. The lowest BCUT2D eigenvalue weighted by atomic mass is 9.84. The second-order valence-electron chi connectivity index (χ2n) is 11.3. The molecule has 0 amide bonds. The monoisotopic (exact) mass is 567 g/mol. The summed E-state index contributed by atoms with van der Waals surface area (Å²) in [6.07, 6.45) is 5.84. The lowest BCUT2D eigenvalue weighted by Gasteiger charge is -2.36. The second kappa shape index (κ2) is 10.6. The normalized spacial score (nSPS) is 22.6. The molecule has 2 atom stereocenters. The fraction of sp³-hybridized carbons (Fsp3) is 0.517. The molecule has 0 bridgehead atoms. The van der Waals surface area contributed by atoms with Crippen LogP contribution in [0.2, 0.25) is 0 Å². The number of rotatable bonds is 9. The Morgan fingerprint density at radius 1 is 1.15 bits per heavy atom. The lowest BCUT2D eigenvalue weighted by Crippen LogP contribution is -2.43. The van der Waals surface area contributed by atoms with E-state index in [9.17, 15) is 13.2 Å². The minimum absolute atomic E-state index is 0.0886. The van der Waals surface area contributed by atoms with Crippen LogP contribution < -0.4 is 15.8 Å². The number of fused-ring (bicyclic) bond motifs is 2. The van der Waals surface area contributed by atoms with E-state index < -0.39 is 15.4 Å². The molecule has 0 saturated heterocycles. The van der Waals surface area contributed by atoms with E-state index in [1.165, 1.54) is 0 Å². The maximum absolute atomic E-state index is 12.5. The summed E-state index contributed by atoms with van der Waals surface area (Å²) < 4.78 is 36.1. The molecule has 0 spiro atoms. The van der Waals surface area contributed by atoms with Gasteiger partial charge >= 0.3 is 5.97 Å². The van der Waals surface area contributed by atoms with Gasteiger partial charge in [-0.2, -0.15) is 0 Å². The van der Waals surface area contributed by atoms with Crippen LogP contribution in [0.15, 0.2) is 30.6 Å². The number of cyclic esters (lactones) is 1. The topological polar surface area (TPSA) is 146 Å². The predicted octanol–water partition coefficient (Wildman–Crippen LogP) is 4.97. The summed E-state index contributed by atoms with van der Waals surface area (Å²) in [6, 6.07) is 5.15. The molecule has 2 aliphatic rings. The summed E-state index contributed by atoms with van der Waals surface area (Å²) in [5.74, 6) is 1.21. The van der Waals surface area contributed by atoms with Crippen molar-refractivity contribution < 1.29 is 22.7 Å². The summed E-state index contributed by atoms with van der Waals surface area (Å²) in [5, 5.41) is 4.49. The highest BCUT2D eigenvalue weighted by Gasteiger charge is 2.41. The summed E-state index contributed by atoms with van der Waals surface area (Å²) in [7, 11) is -3.08. The Labute approximate surface area is 235 Å². The summed E-state index contributed by atoms with van der Waals surface area (Å²) >= 11 is 0. The van der Waals surface area contributed by atoms with Crippen LogP contribution in [-0.4, -0.2) is 52.0 Å². The van der Waals surface area contributed by atoms with E-state index in [4.69, 9.17) is 20.2 Å². The van der Waals surface area contributed by atoms with Gasteiger partial charge in [0.2, 0.25) is 5.88 Å². The van der Waals surface area contributed by atoms with Crippen LogP contribution in [0.5, 0.6) is 5.88 Å². The number of hydrogen-bond acceptors (Lipinski definition) is 10. The van der Waals surface area contributed by atoms with Crippen molar-refractivity contribution in [3.63, 3.8) is 0 Å². The molecule has 3 aromatic heterocycles. The molecule has 3 aromatic rings. The number of anilines is 2. The van der Waals surface area contributed by atoms with E-state index in [0.29, 0.717) is 47.0 Å². The van der Waals surface area contributed by atoms with Crippen LogP contribution in [0, 0.1) is 0 Å². The fourth-order valence-corrected chi connectivity index (χ4v) is 6.73. The smallest absolute Gasteiger partial charge is 0.340 e. The van der Waals surface area contributed by atoms with E-state index in [1.54, 1.807) is 31.5 Å². The van der Waals surface area contributed by atoms with Crippen molar-refractivity contribution in [2.24, 2.45) is 5.73 Å². The highest BCUT2D eigenvalue weighted by Crippen LogP contribution is 2.39. The zero-order chi connectivity index (χ0) is 28.8. The fourth-order valence-electron chi connectivity index (χ4n) is 5.25. The predicted molar refractivity (Wildman–Crippen MR) is 154 cm³/mol. The molecule has 10 nitrogen and oxygen atoms in total. The number of sulfone groups is 1. The van der Waals surface area contributed by atoms with Gasteiger partial charge in [0, 0.05) is 42.9 Å². The van der Waals surface area contributed by atoms with Gasteiger partial charge in [-0.15, -0.1) is 0 Å². The third-order valence-electron chi connectivity index (χ3n) is 8.21. The maximum Gasteiger partial charge on any atom is 0.340 e. The van der Waals surface area contributed by atoms with Crippen molar-refractivity contribution >= 4 is 38.2 Å². The third-order valence-corrected chi connectivity index (χ3v) is 10.4. The number of aromatic nitrogens is 3. The second-order valence-corrected chi connectivity index (χ2v) is 13.9. The minimum atomic E-state index is -3.08. The zero-order valence-corrected chi connectivity index (χ0v) is 24.4. The van der Waals surface area contributed by atoms with Gasteiger partial charge in [-0.1, -0.05) is 27.2 Å². The number of ether oxygens (including phenoxy) is 2. The Morgan fingerprint density at radius 2 is 1.90 bits per heavy atom. The molecule has 0 unspecified atom stereocenters. The van der Waals surface area contributed by atoms with Crippen molar-refractivity contribution in [1.82, 2.24) is 15.0 Å². The highest BCUT2D eigenvalue weighted by molar-refractivity contribution is 7.92. The van der Waals surface area contributed by atoms with Crippen LogP contribution in [0.25, 0.3) is 10.8 Å². The molecule has 40 heavy (non-hydrogen) atoms. The van der Waals surface area contributed by atoms with Gasteiger partial charge in [0.1, 0.15) is 23.3 Å². The van der Waals surface area contributed by atoms with Gasteiger partial charge in [0.15, 0.2) is 9.84 Å². The van der Waals surface area contributed by atoms with E-state index >= 15 is 0 Å². The van der Waals surface area contributed by atoms with Crippen molar-refractivity contribution in [3.05, 3.63) is 47.4 Å². The van der Waals surface area contributed by atoms with Crippen molar-refractivity contribution in [2.45, 2.75) is 89.2 Å². The number of carbonyl (C=O) groups excluding carboxylic acids is 1. The first kappa shape index (κ1) is 28.2. The quantitative estimate of drug-likeness (QED) is 0.340. The zero-order valence-electron chi connectivity index (χ0n) is 23.6. The SMILES string of the molecule is CCC[C@H](N)c1cnc(OC2CC(S(=O)(=O)CC)C2)c2cnc(Nc3ccc4c(n3)[C@@H](C)C(C)(C)OC4=O)cc12. The number of nitrogens with two attached hydrogens (primary N) is 1. The molecule has 0 radical (unpaired) electrons. The number of carbonyl (C=O) groups is 1. The van der Waals surface area contributed by atoms with Crippen LogP contribution in [0.4, 0.5) is 11.6 Å². The van der Waals surface area contributed by atoms with Crippen molar-refractivity contribution in [1.29, 1.82) is 0 Å². The number of nitrogens with one attached hydrogen (secondary N) is 1. The van der Waals surface area contributed by atoms with Gasteiger partial charge in [0.25, 0.3) is 0 Å².